The lowest BCUT2D eigenvalue weighted by Crippen LogP contribution is -2.63. The summed E-state index contributed by atoms with van der Waals surface area (Å²) >= 11 is 0. The average Bonchev–Trinajstić information content (AvgIpc) is 3.02. The number of nitrogens with zero attached hydrogens (tertiary/aromatic N) is 2. The van der Waals surface area contributed by atoms with Gasteiger partial charge in [0.2, 0.25) is 10.0 Å². The van der Waals surface area contributed by atoms with Crippen molar-refractivity contribution in [1.82, 2.24) is 14.3 Å². The van der Waals surface area contributed by atoms with Crippen LogP contribution < -0.4 is 16.0 Å². The Labute approximate surface area is 204 Å². The highest BCUT2D eigenvalue weighted by molar-refractivity contribution is 7.88. The number of H-pyrrole nitrogens is 1. The molecular formula is C22H30N4O7SSi. The second kappa shape index (κ2) is 10.2. The van der Waals surface area contributed by atoms with Gasteiger partial charge in [-0.05, 0) is 32.1 Å². The predicted molar refractivity (Wildman–Crippen MR) is 131 cm³/mol. The predicted octanol–water partition coefficient (Wildman–Crippen LogP) is 0.991. The summed E-state index contributed by atoms with van der Waals surface area (Å²) in [7, 11) is -6.35. The molecule has 1 aliphatic heterocycles. The van der Waals surface area contributed by atoms with Gasteiger partial charge in [-0.1, -0.05) is 30.3 Å². The van der Waals surface area contributed by atoms with Gasteiger partial charge in [-0.25, -0.2) is 13.2 Å². The smallest absolute Gasteiger partial charge is 0.330 e. The SMILES string of the molecule is Cc1cn([C@@H]2O[C@H](COCc3ccccc3)[C@@](C#N)(NS(C)(=O)=O)[C@H]2O[Si](C)(C)C)c(=O)[nH]c1=O. The molecule has 0 amide bonds. The van der Waals surface area contributed by atoms with Crippen molar-refractivity contribution in [2.75, 3.05) is 12.9 Å². The van der Waals surface area contributed by atoms with Crippen molar-refractivity contribution in [1.29, 1.82) is 5.26 Å². The molecule has 0 unspecified atom stereocenters. The third-order valence-electron chi connectivity index (χ3n) is 5.34. The fourth-order valence-electron chi connectivity index (χ4n) is 3.89. The Morgan fingerprint density at radius 1 is 1.26 bits per heavy atom. The fourth-order valence-corrected chi connectivity index (χ4v) is 5.86. The summed E-state index contributed by atoms with van der Waals surface area (Å²) in [6.07, 6.45) is -1.30. The molecule has 1 saturated heterocycles. The summed E-state index contributed by atoms with van der Waals surface area (Å²) < 4.78 is 46.6. The van der Waals surface area contributed by atoms with Crippen LogP contribution in [-0.2, 0) is 30.5 Å². The van der Waals surface area contributed by atoms with Gasteiger partial charge in [0.05, 0.1) is 25.5 Å². The first-order chi connectivity index (χ1) is 16.3. The Balaban J connectivity index is 2.08. The standard InChI is InChI=1S/C22H30N4O7SSi/c1-15-11-26(21(28)24-19(15)27)20-18(33-35(3,4)5)22(14-23,25-34(2,29)30)17(32-20)13-31-12-16-9-7-6-8-10-16/h6-11,17-18,20,25H,12-13H2,1-5H3,(H,24,27,28)/t17-,18+,20-,22-/m1/s1. The van der Waals surface area contributed by atoms with Gasteiger partial charge in [0.1, 0.15) is 12.2 Å². The second-order valence-corrected chi connectivity index (χ2v) is 15.7. The lowest BCUT2D eigenvalue weighted by molar-refractivity contribution is -0.0655. The molecule has 35 heavy (non-hydrogen) atoms. The van der Waals surface area contributed by atoms with Crippen molar-refractivity contribution in [2.45, 2.75) is 57.1 Å². The number of aryl methyl sites for hydroxylation is 1. The summed E-state index contributed by atoms with van der Waals surface area (Å²) in [6, 6.07) is 11.4. The van der Waals surface area contributed by atoms with Crippen molar-refractivity contribution in [3.05, 3.63) is 68.5 Å². The first-order valence-electron chi connectivity index (χ1n) is 10.9. The summed E-state index contributed by atoms with van der Waals surface area (Å²) in [4.78, 5) is 26.9. The molecule has 1 aromatic carbocycles. The molecule has 0 radical (unpaired) electrons. The number of nitriles is 1. The minimum Gasteiger partial charge on any atom is -0.407 e. The average molecular weight is 523 g/mol. The molecule has 0 bridgehead atoms. The highest BCUT2D eigenvalue weighted by Crippen LogP contribution is 2.40. The number of aromatic amines is 1. The molecule has 0 aliphatic carbocycles. The van der Waals surface area contributed by atoms with E-state index in [9.17, 15) is 23.3 Å². The van der Waals surface area contributed by atoms with E-state index in [1.54, 1.807) is 0 Å². The lowest BCUT2D eigenvalue weighted by atomic mass is 9.91. The quantitative estimate of drug-likeness (QED) is 0.463. The van der Waals surface area contributed by atoms with Gasteiger partial charge in [-0.2, -0.15) is 9.98 Å². The molecule has 13 heteroatoms. The lowest BCUT2D eigenvalue weighted by Gasteiger charge is -2.36. The van der Waals surface area contributed by atoms with Gasteiger partial charge in [0.25, 0.3) is 5.56 Å². The minimum absolute atomic E-state index is 0.163. The zero-order valence-electron chi connectivity index (χ0n) is 20.3. The molecule has 0 spiro atoms. The van der Waals surface area contributed by atoms with Crippen LogP contribution in [0.1, 0.15) is 17.4 Å². The van der Waals surface area contributed by atoms with E-state index in [0.29, 0.717) is 0 Å². The molecular weight excluding hydrogens is 492 g/mol. The monoisotopic (exact) mass is 522 g/mol. The van der Waals surface area contributed by atoms with Crippen LogP contribution in [0, 0.1) is 18.3 Å². The van der Waals surface area contributed by atoms with E-state index in [1.165, 1.54) is 13.1 Å². The Bertz CT molecular complexity index is 1310. The van der Waals surface area contributed by atoms with Gasteiger partial charge in [-0.3, -0.25) is 14.3 Å². The Morgan fingerprint density at radius 3 is 2.49 bits per heavy atom. The molecule has 1 aliphatic rings. The summed E-state index contributed by atoms with van der Waals surface area (Å²) in [5.74, 6) is 0. The van der Waals surface area contributed by atoms with Crippen LogP contribution in [0.25, 0.3) is 0 Å². The second-order valence-electron chi connectivity index (χ2n) is 9.50. The molecule has 1 aromatic heterocycles. The third kappa shape index (κ3) is 6.34. The minimum atomic E-state index is -3.93. The maximum atomic E-state index is 12.7. The van der Waals surface area contributed by atoms with E-state index in [1.807, 2.05) is 50.0 Å². The number of ether oxygens (including phenoxy) is 2. The van der Waals surface area contributed by atoms with E-state index >= 15 is 0 Å². The number of aromatic nitrogens is 2. The van der Waals surface area contributed by atoms with Crippen molar-refractivity contribution in [3.8, 4) is 6.07 Å². The number of rotatable bonds is 9. The molecule has 0 saturated carbocycles. The van der Waals surface area contributed by atoms with Crippen LogP contribution in [-0.4, -0.2) is 56.9 Å². The van der Waals surface area contributed by atoms with Crippen LogP contribution >= 0.6 is 0 Å². The van der Waals surface area contributed by atoms with E-state index in [0.717, 1.165) is 16.4 Å². The number of benzene rings is 1. The Kier molecular flexibility index (Phi) is 7.85. The number of nitrogens with one attached hydrogen (secondary N) is 2. The first kappa shape index (κ1) is 27.0. The van der Waals surface area contributed by atoms with Crippen LogP contribution in [0.15, 0.2) is 46.1 Å². The van der Waals surface area contributed by atoms with E-state index in [-0.39, 0.29) is 18.8 Å². The number of sulfonamides is 1. The van der Waals surface area contributed by atoms with Crippen molar-refractivity contribution >= 4 is 18.3 Å². The van der Waals surface area contributed by atoms with E-state index in [2.05, 4.69) is 15.8 Å². The molecule has 2 heterocycles. The highest BCUT2D eigenvalue weighted by Gasteiger charge is 2.61. The van der Waals surface area contributed by atoms with E-state index in [4.69, 9.17) is 13.9 Å². The molecule has 4 atom stereocenters. The molecule has 2 N–H and O–H groups in total. The Morgan fingerprint density at radius 2 is 1.91 bits per heavy atom. The van der Waals surface area contributed by atoms with Crippen LogP contribution in [0.3, 0.4) is 0 Å². The Hall–Kier alpha value is -2.60. The van der Waals surface area contributed by atoms with E-state index < -0.39 is 53.6 Å². The largest absolute Gasteiger partial charge is 0.407 e. The summed E-state index contributed by atoms with van der Waals surface area (Å²) in [5.41, 5.74) is -2.12. The van der Waals surface area contributed by atoms with Crippen LogP contribution in [0.2, 0.25) is 19.6 Å². The van der Waals surface area contributed by atoms with Gasteiger partial charge in [-0.15, -0.1) is 0 Å². The summed E-state index contributed by atoms with van der Waals surface area (Å²) in [6.45, 7) is 7.16. The number of hydrogen-bond acceptors (Lipinski definition) is 8. The maximum absolute atomic E-state index is 12.7. The zero-order valence-corrected chi connectivity index (χ0v) is 22.1. The first-order valence-corrected chi connectivity index (χ1v) is 16.2. The molecule has 190 valence electrons. The normalized spacial score (nSPS) is 24.9. The van der Waals surface area contributed by atoms with Crippen LogP contribution in [0.5, 0.6) is 0 Å². The van der Waals surface area contributed by atoms with Crippen molar-refractivity contribution in [3.63, 3.8) is 0 Å². The molecule has 3 rings (SSSR count). The highest BCUT2D eigenvalue weighted by atomic mass is 32.2. The van der Waals surface area contributed by atoms with Crippen LogP contribution in [0.4, 0.5) is 0 Å². The topological polar surface area (TPSA) is 153 Å². The van der Waals surface area contributed by atoms with Gasteiger partial charge in [0.15, 0.2) is 20.1 Å². The fraction of sp³-hybridized carbons (Fsp3) is 0.500. The summed E-state index contributed by atoms with van der Waals surface area (Å²) in [5, 5.41) is 10.3. The van der Waals surface area contributed by atoms with Crippen molar-refractivity contribution in [2.24, 2.45) is 0 Å². The van der Waals surface area contributed by atoms with Gasteiger partial charge < -0.3 is 13.9 Å². The van der Waals surface area contributed by atoms with Gasteiger partial charge >= 0.3 is 5.69 Å². The number of hydrogen-bond donors (Lipinski definition) is 2. The molecule has 11 nitrogen and oxygen atoms in total. The molecule has 2 aromatic rings. The van der Waals surface area contributed by atoms with Crippen molar-refractivity contribution < 1.29 is 22.3 Å². The maximum Gasteiger partial charge on any atom is 0.330 e. The zero-order chi connectivity index (χ0) is 26.0. The molecule has 1 fully saturated rings. The van der Waals surface area contributed by atoms with Gasteiger partial charge in [0, 0.05) is 11.8 Å². The third-order valence-corrected chi connectivity index (χ3v) is 7.01.